The van der Waals surface area contributed by atoms with Crippen LogP contribution < -0.4 is 22.3 Å². The maximum Gasteiger partial charge on any atom is 0.416 e. The van der Waals surface area contributed by atoms with Crippen LogP contribution in [0.5, 0.6) is 0 Å². The summed E-state index contributed by atoms with van der Waals surface area (Å²) < 4.78 is 80.8. The first-order valence-corrected chi connectivity index (χ1v) is 11.6. The molecule has 17 heteroatoms. The third kappa shape index (κ3) is 7.40. The van der Waals surface area contributed by atoms with Gasteiger partial charge in [-0.25, -0.2) is 15.3 Å². The summed E-state index contributed by atoms with van der Waals surface area (Å²) in [4.78, 5) is 37.7. The standard InChI is InChI=1S/C23H21ClF6N6O4/c24-13-7-5-12(6-8-13)20-34-36(21(40)35(20)10-17(37)23(28,29)30)11-19(39)32-16(9-18(38)33-31)14-3-1-2-4-15(14)22(25,26)27/h1-8,16-17,37H,9-11,31H2,(H,32,39)(H,33,38)/t16?,17-/m0/s1. The van der Waals surface area contributed by atoms with Gasteiger partial charge in [-0.3, -0.25) is 19.6 Å². The van der Waals surface area contributed by atoms with E-state index in [0.29, 0.717) is 9.25 Å². The van der Waals surface area contributed by atoms with Crippen molar-refractivity contribution in [3.05, 3.63) is 75.2 Å². The fourth-order valence-corrected chi connectivity index (χ4v) is 3.84. The molecule has 0 aliphatic rings. The Morgan fingerprint density at radius 1 is 1.02 bits per heavy atom. The van der Waals surface area contributed by atoms with Gasteiger partial charge in [-0.1, -0.05) is 29.8 Å². The second-order valence-corrected chi connectivity index (χ2v) is 8.85. The lowest BCUT2D eigenvalue weighted by molar-refractivity contribution is -0.207. The number of alkyl halides is 6. The predicted octanol–water partition coefficient (Wildman–Crippen LogP) is 2.54. The van der Waals surface area contributed by atoms with Crippen molar-refractivity contribution in [3.8, 4) is 11.4 Å². The van der Waals surface area contributed by atoms with Crippen molar-refractivity contribution in [2.24, 2.45) is 5.84 Å². The molecule has 2 amide bonds. The normalized spacial score (nSPS) is 13.5. The van der Waals surface area contributed by atoms with Gasteiger partial charge in [0.1, 0.15) is 6.54 Å². The van der Waals surface area contributed by atoms with Gasteiger partial charge >= 0.3 is 18.0 Å². The molecule has 0 spiro atoms. The minimum atomic E-state index is -5.08. The molecular formula is C23H21ClF6N6O4. The molecule has 0 saturated carbocycles. The summed E-state index contributed by atoms with van der Waals surface area (Å²) in [6.07, 6.45) is -13.6. The van der Waals surface area contributed by atoms with Gasteiger partial charge in [0.2, 0.25) is 11.8 Å². The van der Waals surface area contributed by atoms with Gasteiger partial charge in [0.05, 0.1) is 24.6 Å². The van der Waals surface area contributed by atoms with E-state index in [1.165, 1.54) is 30.3 Å². The lowest BCUT2D eigenvalue weighted by Gasteiger charge is -2.22. The first kappa shape index (κ1) is 30.6. The highest BCUT2D eigenvalue weighted by Crippen LogP contribution is 2.35. The van der Waals surface area contributed by atoms with Gasteiger partial charge in [0, 0.05) is 10.6 Å². The number of aromatic nitrogens is 3. The van der Waals surface area contributed by atoms with Crippen LogP contribution in [-0.2, 0) is 28.9 Å². The summed E-state index contributed by atoms with van der Waals surface area (Å²) in [5.41, 5.74) is -0.971. The number of hydrogen-bond acceptors (Lipinski definition) is 6. The smallest absolute Gasteiger partial charge is 0.382 e. The zero-order chi connectivity index (χ0) is 29.8. The van der Waals surface area contributed by atoms with E-state index in [1.54, 1.807) is 5.43 Å². The Hall–Kier alpha value is -3.89. The van der Waals surface area contributed by atoms with Crippen molar-refractivity contribution in [2.45, 2.75) is 44.0 Å². The molecule has 40 heavy (non-hydrogen) atoms. The first-order valence-electron chi connectivity index (χ1n) is 11.2. The van der Waals surface area contributed by atoms with Crippen LogP contribution in [0.3, 0.4) is 0 Å². The zero-order valence-electron chi connectivity index (χ0n) is 20.1. The number of carbonyl (C=O) groups excluding carboxylic acids is 2. The number of halogens is 7. The third-order valence-electron chi connectivity index (χ3n) is 5.58. The van der Waals surface area contributed by atoms with Crippen LogP contribution in [0.1, 0.15) is 23.6 Å². The Balaban J connectivity index is 1.97. The van der Waals surface area contributed by atoms with Crippen molar-refractivity contribution in [1.82, 2.24) is 25.1 Å². The van der Waals surface area contributed by atoms with Crippen LogP contribution in [0.4, 0.5) is 26.3 Å². The number of hydrogen-bond donors (Lipinski definition) is 4. The summed E-state index contributed by atoms with van der Waals surface area (Å²) in [7, 11) is 0. The van der Waals surface area contributed by atoms with Crippen molar-refractivity contribution in [1.29, 1.82) is 0 Å². The van der Waals surface area contributed by atoms with Gasteiger partial charge in [-0.15, -0.1) is 5.10 Å². The van der Waals surface area contributed by atoms with Crippen LogP contribution >= 0.6 is 11.6 Å². The molecule has 2 atom stereocenters. The molecule has 10 nitrogen and oxygen atoms in total. The number of nitrogens with one attached hydrogen (secondary N) is 2. The average Bonchev–Trinajstić information content (AvgIpc) is 3.17. The number of benzene rings is 2. The van der Waals surface area contributed by atoms with Crippen molar-refractivity contribution < 1.29 is 41.0 Å². The largest absolute Gasteiger partial charge is 0.416 e. The SMILES string of the molecule is NNC(=O)CC(NC(=O)Cn1nc(-c2ccc(Cl)cc2)n(C[C@H](O)C(F)(F)F)c1=O)c1ccccc1C(F)(F)F. The summed E-state index contributed by atoms with van der Waals surface area (Å²) in [6.45, 7) is -2.22. The molecule has 0 radical (unpaired) electrons. The van der Waals surface area contributed by atoms with Gasteiger partial charge < -0.3 is 10.4 Å². The summed E-state index contributed by atoms with van der Waals surface area (Å²) in [5, 5.41) is 15.9. The van der Waals surface area contributed by atoms with Crippen LogP contribution in [0.15, 0.2) is 53.3 Å². The fraction of sp³-hybridized carbons (Fsp3) is 0.304. The molecule has 1 heterocycles. The van der Waals surface area contributed by atoms with Gasteiger partial charge in [0.25, 0.3) is 0 Å². The molecule has 0 aliphatic carbocycles. The van der Waals surface area contributed by atoms with E-state index in [9.17, 15) is 45.8 Å². The molecule has 1 unspecified atom stereocenters. The summed E-state index contributed by atoms with van der Waals surface area (Å²) in [5.74, 6) is 2.68. The third-order valence-corrected chi connectivity index (χ3v) is 5.83. The van der Waals surface area contributed by atoms with Crippen LogP contribution in [0, 0.1) is 0 Å². The van der Waals surface area contributed by atoms with Crippen molar-refractivity contribution >= 4 is 23.4 Å². The number of aliphatic hydroxyl groups is 1. The van der Waals surface area contributed by atoms with Crippen molar-refractivity contribution in [3.63, 3.8) is 0 Å². The summed E-state index contributed by atoms with van der Waals surface area (Å²) in [6, 6.07) is 7.97. The molecule has 5 N–H and O–H groups in total. The Labute approximate surface area is 226 Å². The molecule has 1 aromatic heterocycles. The number of rotatable bonds is 9. The van der Waals surface area contributed by atoms with Gasteiger partial charge in [-0.2, -0.15) is 26.3 Å². The monoisotopic (exact) mass is 594 g/mol. The Kier molecular flexibility index (Phi) is 9.27. The zero-order valence-corrected chi connectivity index (χ0v) is 20.9. The highest BCUT2D eigenvalue weighted by molar-refractivity contribution is 6.30. The number of carbonyl (C=O) groups is 2. The van der Waals surface area contributed by atoms with Gasteiger partial charge in [0.15, 0.2) is 11.9 Å². The van der Waals surface area contributed by atoms with Crippen molar-refractivity contribution in [2.75, 3.05) is 0 Å². The second-order valence-electron chi connectivity index (χ2n) is 8.42. The van der Waals surface area contributed by atoms with E-state index in [1.807, 2.05) is 0 Å². The molecule has 0 fully saturated rings. The maximum absolute atomic E-state index is 13.6. The maximum atomic E-state index is 13.6. The molecule has 216 valence electrons. The summed E-state index contributed by atoms with van der Waals surface area (Å²) >= 11 is 5.83. The lowest BCUT2D eigenvalue weighted by atomic mass is 9.97. The Morgan fingerprint density at radius 3 is 2.23 bits per heavy atom. The van der Waals surface area contributed by atoms with Crippen LogP contribution in [0.25, 0.3) is 11.4 Å². The molecule has 3 aromatic rings. The Bertz CT molecular complexity index is 1420. The number of nitrogens with two attached hydrogens (primary N) is 1. The Morgan fingerprint density at radius 2 is 1.65 bits per heavy atom. The minimum Gasteiger partial charge on any atom is -0.382 e. The second kappa shape index (κ2) is 12.1. The number of hydrazine groups is 1. The van der Waals surface area contributed by atoms with E-state index >= 15 is 0 Å². The molecule has 0 aliphatic heterocycles. The van der Waals surface area contributed by atoms with Gasteiger partial charge in [-0.05, 0) is 35.9 Å². The lowest BCUT2D eigenvalue weighted by Crippen LogP contribution is -2.40. The average molecular weight is 595 g/mol. The van der Waals surface area contributed by atoms with Crippen LogP contribution in [-0.4, -0.2) is 43.5 Å². The molecule has 3 rings (SSSR count). The molecule has 2 aromatic carbocycles. The highest BCUT2D eigenvalue weighted by atomic mass is 35.5. The number of amides is 2. The van der Waals surface area contributed by atoms with E-state index < -0.39 is 72.6 Å². The van der Waals surface area contributed by atoms with E-state index in [2.05, 4.69) is 10.4 Å². The molecule has 0 bridgehead atoms. The van der Waals surface area contributed by atoms with E-state index in [0.717, 1.165) is 18.2 Å². The first-order chi connectivity index (χ1) is 18.6. The molecule has 0 saturated heterocycles. The van der Waals surface area contributed by atoms with E-state index in [-0.39, 0.29) is 16.4 Å². The van der Waals surface area contributed by atoms with Crippen LogP contribution in [0.2, 0.25) is 5.02 Å². The minimum absolute atomic E-state index is 0.117. The number of aliphatic hydroxyl groups excluding tert-OH is 1. The van der Waals surface area contributed by atoms with E-state index in [4.69, 9.17) is 17.4 Å². The quantitative estimate of drug-likeness (QED) is 0.130. The highest BCUT2D eigenvalue weighted by Gasteiger charge is 2.40. The predicted molar refractivity (Wildman–Crippen MR) is 128 cm³/mol. The fourth-order valence-electron chi connectivity index (χ4n) is 3.72. The molecular weight excluding hydrogens is 574 g/mol. The topological polar surface area (TPSA) is 144 Å². The number of nitrogens with zero attached hydrogens (tertiary/aromatic N) is 3.